The zero-order valence-corrected chi connectivity index (χ0v) is 30.6. The van der Waals surface area contributed by atoms with Crippen molar-refractivity contribution < 1.29 is 14.4 Å². The number of thiazole rings is 2. The summed E-state index contributed by atoms with van der Waals surface area (Å²) in [6.45, 7) is 18.1. The summed E-state index contributed by atoms with van der Waals surface area (Å²) in [5, 5.41) is 16.7. The van der Waals surface area contributed by atoms with Crippen molar-refractivity contribution in [1.29, 1.82) is 0 Å². The molecule has 262 valence electrons. The second-order valence-electron chi connectivity index (χ2n) is 12.2. The minimum atomic E-state index is -0.184. The van der Waals surface area contributed by atoms with Crippen LogP contribution in [-0.2, 0) is 29.2 Å². The molecule has 4 aromatic rings. The van der Waals surface area contributed by atoms with Crippen molar-refractivity contribution in [3.63, 3.8) is 0 Å². The fraction of sp³-hybridized carbons (Fsp3) is 0.441. The third kappa shape index (κ3) is 13.4. The molecule has 49 heavy (non-hydrogen) atoms. The molecule has 2 amide bonds. The standard InChI is InChI=1S/C17H23N5OS.C11H17N3.C6H6N2O2S/c1-11-4-14(5-12(2)20-11)6-18-15-8-22(9-15)10-16-7-19-17(24-16)21-13(3)23;1-8-3-10(4-9(2)14-8)5-13-11-6-12-7-11;1-4(10)8-6-7-2-5(3-9)11-6/h4-5,7,15,18H,6,8-10H2,1-3H3,(H,19,21,23);3-4,11-13H,5-7H2,1-2H3;2-3H,1H3,(H,7,8,10). The lowest BCUT2D eigenvalue weighted by molar-refractivity contribution is -0.115. The molecule has 6 rings (SSSR count). The summed E-state index contributed by atoms with van der Waals surface area (Å²) < 4.78 is 0. The minimum absolute atomic E-state index is 0.0781. The minimum Gasteiger partial charge on any atom is -0.314 e. The first-order chi connectivity index (χ1) is 23.4. The van der Waals surface area contributed by atoms with Gasteiger partial charge in [-0.3, -0.25) is 29.3 Å². The van der Waals surface area contributed by atoms with Crippen LogP contribution >= 0.6 is 22.7 Å². The zero-order valence-electron chi connectivity index (χ0n) is 28.9. The quantitative estimate of drug-likeness (QED) is 0.144. The number of aldehydes is 1. The van der Waals surface area contributed by atoms with Gasteiger partial charge in [-0.15, -0.1) is 11.3 Å². The van der Waals surface area contributed by atoms with Gasteiger partial charge in [0.05, 0.1) is 11.1 Å². The fourth-order valence-corrected chi connectivity index (χ4v) is 6.77. The number of hydrogen-bond acceptors (Lipinski definition) is 13. The summed E-state index contributed by atoms with van der Waals surface area (Å²) >= 11 is 2.69. The molecule has 0 saturated carbocycles. The Morgan fingerprint density at radius 3 is 1.73 bits per heavy atom. The van der Waals surface area contributed by atoms with Crippen molar-refractivity contribution in [3.05, 3.63) is 80.3 Å². The van der Waals surface area contributed by atoms with Gasteiger partial charge in [-0.25, -0.2) is 9.97 Å². The molecule has 0 atom stereocenters. The van der Waals surface area contributed by atoms with Gasteiger partial charge in [-0.05, 0) is 63.1 Å². The molecule has 0 unspecified atom stereocenters. The van der Waals surface area contributed by atoms with Crippen LogP contribution in [0.25, 0.3) is 0 Å². The van der Waals surface area contributed by atoms with Gasteiger partial charge in [0.15, 0.2) is 16.5 Å². The average molecular weight is 707 g/mol. The molecule has 0 bridgehead atoms. The molecule has 2 saturated heterocycles. The summed E-state index contributed by atoms with van der Waals surface area (Å²) in [4.78, 5) is 52.5. The smallest absolute Gasteiger partial charge is 0.223 e. The van der Waals surface area contributed by atoms with E-state index in [4.69, 9.17) is 0 Å². The number of carbonyl (C=O) groups is 3. The van der Waals surface area contributed by atoms with E-state index in [1.165, 1.54) is 36.0 Å². The average Bonchev–Trinajstić information content (AvgIpc) is 3.61. The Kier molecular flexibility index (Phi) is 14.4. The van der Waals surface area contributed by atoms with E-state index in [-0.39, 0.29) is 11.8 Å². The highest BCUT2D eigenvalue weighted by Gasteiger charge is 2.26. The molecule has 2 fully saturated rings. The molecule has 15 heteroatoms. The summed E-state index contributed by atoms with van der Waals surface area (Å²) in [6, 6.07) is 9.75. The van der Waals surface area contributed by atoms with Crippen LogP contribution in [0, 0.1) is 27.7 Å². The maximum atomic E-state index is 11.0. The number of aromatic nitrogens is 4. The Morgan fingerprint density at radius 1 is 0.796 bits per heavy atom. The highest BCUT2D eigenvalue weighted by atomic mass is 32.1. The molecule has 0 radical (unpaired) electrons. The number of hydrogen-bond donors (Lipinski definition) is 5. The van der Waals surface area contributed by atoms with Gasteiger partial charge in [0.1, 0.15) is 0 Å². The van der Waals surface area contributed by atoms with E-state index in [0.29, 0.717) is 33.5 Å². The van der Waals surface area contributed by atoms with Crippen LogP contribution in [0.2, 0.25) is 0 Å². The Hall–Kier alpha value is -3.99. The van der Waals surface area contributed by atoms with Gasteiger partial charge < -0.3 is 26.6 Å². The number of carbonyl (C=O) groups excluding carboxylic acids is 3. The van der Waals surface area contributed by atoms with Crippen LogP contribution in [0.15, 0.2) is 36.7 Å². The van der Waals surface area contributed by atoms with E-state index in [1.54, 1.807) is 11.3 Å². The van der Waals surface area contributed by atoms with Crippen LogP contribution in [0.5, 0.6) is 0 Å². The van der Waals surface area contributed by atoms with Crippen molar-refractivity contribution >= 4 is 51.0 Å². The normalized spacial score (nSPS) is 14.3. The number of likely N-dealkylation sites (tertiary alicyclic amines) is 1. The van der Waals surface area contributed by atoms with Crippen molar-refractivity contribution in [2.75, 3.05) is 36.8 Å². The van der Waals surface area contributed by atoms with Crippen molar-refractivity contribution in [2.24, 2.45) is 0 Å². The number of nitrogens with zero attached hydrogens (tertiary/aromatic N) is 5. The topological polar surface area (TPSA) is 166 Å². The first-order valence-electron chi connectivity index (χ1n) is 16.1. The van der Waals surface area contributed by atoms with Gasteiger partial charge >= 0.3 is 0 Å². The third-order valence-electron chi connectivity index (χ3n) is 7.35. The summed E-state index contributed by atoms with van der Waals surface area (Å²) in [7, 11) is 0. The molecule has 0 aromatic carbocycles. The maximum Gasteiger partial charge on any atom is 0.223 e. The Bertz CT molecular complexity index is 1660. The van der Waals surface area contributed by atoms with Gasteiger partial charge in [0, 0.05) is 106 Å². The van der Waals surface area contributed by atoms with E-state index < -0.39 is 0 Å². The Labute approximate surface area is 295 Å². The maximum absolute atomic E-state index is 11.0. The monoisotopic (exact) mass is 706 g/mol. The Morgan fingerprint density at radius 2 is 1.29 bits per heavy atom. The molecular weight excluding hydrogens is 661 g/mol. The zero-order chi connectivity index (χ0) is 35.3. The van der Waals surface area contributed by atoms with Crippen molar-refractivity contribution in [1.82, 2.24) is 40.8 Å². The molecule has 0 spiro atoms. The summed E-state index contributed by atoms with van der Waals surface area (Å²) in [6.07, 6.45) is 3.96. The lowest BCUT2D eigenvalue weighted by Gasteiger charge is -2.39. The number of anilines is 2. The molecule has 2 aliphatic heterocycles. The first-order valence-corrected chi connectivity index (χ1v) is 17.8. The van der Waals surface area contributed by atoms with Gasteiger partial charge in [-0.2, -0.15) is 0 Å². The second kappa shape index (κ2) is 18.7. The van der Waals surface area contributed by atoms with Gasteiger partial charge in [-0.1, -0.05) is 11.3 Å². The van der Waals surface area contributed by atoms with Gasteiger partial charge in [0.2, 0.25) is 11.8 Å². The SMILES string of the molecule is CC(=O)Nc1ncc(C=O)s1.CC(=O)Nc1ncc(CN2CC(NCc3cc(C)nc(C)c3)C2)s1.Cc1cc(CNC2CNC2)cc(C)n1. The van der Waals surface area contributed by atoms with Gasteiger partial charge in [0.25, 0.3) is 0 Å². The van der Waals surface area contributed by atoms with E-state index in [0.717, 1.165) is 79.9 Å². The van der Waals surface area contributed by atoms with Crippen molar-refractivity contribution in [2.45, 2.75) is 73.3 Å². The number of nitrogens with one attached hydrogen (secondary N) is 5. The predicted octanol–water partition coefficient (Wildman–Crippen LogP) is 3.76. The first kappa shape index (κ1) is 37.8. The molecule has 0 aliphatic carbocycles. The molecular formula is C34H46N10O3S2. The third-order valence-corrected chi connectivity index (χ3v) is 9.09. The van der Waals surface area contributed by atoms with E-state index >= 15 is 0 Å². The molecule has 6 heterocycles. The fourth-order valence-electron chi connectivity index (χ4n) is 5.19. The lowest BCUT2D eigenvalue weighted by Crippen LogP contribution is -2.56. The number of amides is 2. The van der Waals surface area contributed by atoms with Crippen LogP contribution in [0.1, 0.15) is 62.3 Å². The van der Waals surface area contributed by atoms with E-state index in [1.807, 2.05) is 33.9 Å². The molecule has 5 N–H and O–H groups in total. The molecule has 13 nitrogen and oxygen atoms in total. The van der Waals surface area contributed by atoms with E-state index in [2.05, 4.69) is 75.7 Å². The molecule has 2 aliphatic rings. The number of rotatable bonds is 11. The highest BCUT2D eigenvalue weighted by Crippen LogP contribution is 2.22. The number of pyridine rings is 2. The second-order valence-corrected chi connectivity index (χ2v) is 14.4. The van der Waals surface area contributed by atoms with E-state index in [9.17, 15) is 14.4 Å². The van der Waals surface area contributed by atoms with Crippen LogP contribution < -0.4 is 26.6 Å². The van der Waals surface area contributed by atoms with Crippen molar-refractivity contribution in [3.8, 4) is 0 Å². The lowest BCUT2D eigenvalue weighted by atomic mass is 10.1. The highest BCUT2D eigenvalue weighted by molar-refractivity contribution is 7.17. The summed E-state index contributed by atoms with van der Waals surface area (Å²) in [5.74, 6) is -0.262. The predicted molar refractivity (Wildman–Crippen MR) is 195 cm³/mol. The number of aryl methyl sites for hydroxylation is 4. The van der Waals surface area contributed by atoms with Crippen LogP contribution in [0.3, 0.4) is 0 Å². The van der Waals surface area contributed by atoms with Crippen LogP contribution in [-0.4, -0.2) is 81.2 Å². The summed E-state index contributed by atoms with van der Waals surface area (Å²) in [5.41, 5.74) is 6.98. The largest absolute Gasteiger partial charge is 0.314 e. The molecule has 4 aromatic heterocycles. The Balaban J connectivity index is 0.000000183. The van der Waals surface area contributed by atoms with Crippen LogP contribution in [0.4, 0.5) is 10.3 Å².